The minimum atomic E-state index is -0.469. The first kappa shape index (κ1) is 14.3. The predicted molar refractivity (Wildman–Crippen MR) is 70.4 cm³/mol. The number of ether oxygens (including phenoxy) is 1. The van der Waals surface area contributed by atoms with E-state index in [2.05, 4.69) is 0 Å². The molecular formula is C13H16BNO3. The summed E-state index contributed by atoms with van der Waals surface area (Å²) in [4.78, 5) is 24.8. The van der Waals surface area contributed by atoms with Crippen LogP contribution in [0.4, 0.5) is 4.79 Å². The Balaban J connectivity index is 2.51. The maximum atomic E-state index is 11.7. The van der Waals surface area contributed by atoms with Gasteiger partial charge in [0.25, 0.3) is 0 Å². The third-order valence-corrected chi connectivity index (χ3v) is 2.58. The normalized spacial score (nSPS) is 9.89. The van der Waals surface area contributed by atoms with Crippen molar-refractivity contribution in [1.29, 1.82) is 0 Å². The molecule has 0 aliphatic rings. The molecule has 0 unspecified atom stereocenters. The number of hydrogen-bond acceptors (Lipinski definition) is 3. The molecule has 0 spiro atoms. The van der Waals surface area contributed by atoms with Crippen molar-refractivity contribution in [3.8, 4) is 0 Å². The van der Waals surface area contributed by atoms with Crippen LogP contribution < -0.4 is 5.46 Å². The lowest BCUT2D eigenvalue weighted by atomic mass is 9.95. The zero-order chi connectivity index (χ0) is 13.5. The van der Waals surface area contributed by atoms with Crippen molar-refractivity contribution in [3.05, 3.63) is 29.8 Å². The topological polar surface area (TPSA) is 46.6 Å². The van der Waals surface area contributed by atoms with Gasteiger partial charge in [-0.3, -0.25) is 4.79 Å². The van der Waals surface area contributed by atoms with Crippen molar-refractivity contribution in [2.24, 2.45) is 0 Å². The molecule has 0 bridgehead atoms. The number of carbonyl (C=O) groups is 2. The summed E-state index contributed by atoms with van der Waals surface area (Å²) in [5.41, 5.74) is 1.07. The van der Waals surface area contributed by atoms with E-state index in [9.17, 15) is 9.59 Å². The van der Waals surface area contributed by atoms with Crippen LogP contribution in [0.25, 0.3) is 0 Å². The zero-order valence-electron chi connectivity index (χ0n) is 10.7. The highest BCUT2D eigenvalue weighted by atomic mass is 16.6. The summed E-state index contributed by atoms with van der Waals surface area (Å²) in [6, 6.07) is 6.50. The van der Waals surface area contributed by atoms with Crippen LogP contribution in [0.1, 0.15) is 24.2 Å². The molecule has 0 N–H and O–H groups in total. The molecule has 0 saturated carbocycles. The number of hydrogen-bond donors (Lipinski definition) is 0. The number of nitrogens with zero attached hydrogens (tertiary/aromatic N) is 1. The van der Waals surface area contributed by atoms with Crippen molar-refractivity contribution >= 4 is 25.2 Å². The van der Waals surface area contributed by atoms with Crippen molar-refractivity contribution < 1.29 is 14.3 Å². The molecule has 1 aromatic carbocycles. The zero-order valence-corrected chi connectivity index (χ0v) is 10.7. The fourth-order valence-corrected chi connectivity index (χ4v) is 1.45. The van der Waals surface area contributed by atoms with E-state index in [1.807, 2.05) is 13.8 Å². The van der Waals surface area contributed by atoms with E-state index in [0.29, 0.717) is 24.1 Å². The molecule has 0 atom stereocenters. The van der Waals surface area contributed by atoms with Gasteiger partial charge in [0.15, 0.2) is 12.4 Å². The van der Waals surface area contributed by atoms with Crippen molar-refractivity contribution in [2.45, 2.75) is 13.8 Å². The molecule has 5 heteroatoms. The summed E-state index contributed by atoms with van der Waals surface area (Å²) >= 11 is 0. The average molecular weight is 245 g/mol. The lowest BCUT2D eigenvalue weighted by Gasteiger charge is -2.17. The summed E-state index contributed by atoms with van der Waals surface area (Å²) in [6.07, 6.45) is -0.469. The second-order valence-corrected chi connectivity index (χ2v) is 3.77. The molecule has 0 aromatic heterocycles. The van der Waals surface area contributed by atoms with Gasteiger partial charge in [-0.2, -0.15) is 0 Å². The highest BCUT2D eigenvalue weighted by Crippen LogP contribution is 2.00. The van der Waals surface area contributed by atoms with Gasteiger partial charge in [0.05, 0.1) is 0 Å². The first-order valence-electron chi connectivity index (χ1n) is 5.88. The largest absolute Gasteiger partial charge is 0.441 e. The Morgan fingerprint density at radius 1 is 1.17 bits per heavy atom. The molecule has 4 nitrogen and oxygen atoms in total. The van der Waals surface area contributed by atoms with E-state index >= 15 is 0 Å². The van der Waals surface area contributed by atoms with E-state index in [0.717, 1.165) is 0 Å². The van der Waals surface area contributed by atoms with Crippen LogP contribution >= 0.6 is 0 Å². The van der Waals surface area contributed by atoms with Crippen molar-refractivity contribution in [3.63, 3.8) is 0 Å². The lowest BCUT2D eigenvalue weighted by molar-refractivity contribution is 0.0762. The van der Waals surface area contributed by atoms with Gasteiger partial charge in [-0.25, -0.2) is 4.79 Å². The molecular weight excluding hydrogens is 229 g/mol. The summed E-state index contributed by atoms with van der Waals surface area (Å²) in [5, 5.41) is 0. The number of benzene rings is 1. The van der Waals surface area contributed by atoms with E-state index in [-0.39, 0.29) is 12.4 Å². The van der Waals surface area contributed by atoms with Gasteiger partial charge in [0, 0.05) is 18.7 Å². The Kier molecular flexibility index (Phi) is 5.43. The third-order valence-electron chi connectivity index (χ3n) is 2.58. The van der Waals surface area contributed by atoms with Crippen LogP contribution in [0, 0.1) is 0 Å². The van der Waals surface area contributed by atoms with E-state index < -0.39 is 6.09 Å². The molecule has 2 radical (unpaired) electrons. The fraction of sp³-hybridized carbons (Fsp3) is 0.385. The SMILES string of the molecule is [B]c1ccc(C(=O)COC(=O)N(CC)CC)cc1. The number of carbonyl (C=O) groups excluding carboxylic acids is 2. The minimum absolute atomic E-state index is 0.240. The van der Waals surface area contributed by atoms with Crippen molar-refractivity contribution in [1.82, 2.24) is 4.90 Å². The summed E-state index contributed by atoms with van der Waals surface area (Å²) in [6.45, 7) is 4.58. The van der Waals surface area contributed by atoms with E-state index in [1.165, 1.54) is 4.90 Å². The maximum Gasteiger partial charge on any atom is 0.410 e. The Hall–Kier alpha value is -1.78. The second kappa shape index (κ2) is 6.84. The van der Waals surface area contributed by atoms with Gasteiger partial charge in [-0.15, -0.1) is 0 Å². The Bertz CT molecular complexity index is 413. The van der Waals surface area contributed by atoms with Gasteiger partial charge in [-0.05, 0) is 13.8 Å². The van der Waals surface area contributed by atoms with Gasteiger partial charge < -0.3 is 9.64 Å². The molecule has 18 heavy (non-hydrogen) atoms. The predicted octanol–water partition coefficient (Wildman–Crippen LogP) is 1.14. The third kappa shape index (κ3) is 3.91. The smallest absolute Gasteiger partial charge is 0.410 e. The van der Waals surface area contributed by atoms with Gasteiger partial charge >= 0.3 is 6.09 Å². The molecule has 94 valence electrons. The number of amides is 1. The molecule has 0 aliphatic carbocycles. The Labute approximate surface area is 108 Å². The monoisotopic (exact) mass is 245 g/mol. The fourth-order valence-electron chi connectivity index (χ4n) is 1.45. The second-order valence-electron chi connectivity index (χ2n) is 3.77. The number of Topliss-reactive ketones (excluding diaryl/α,β-unsaturated/α-hetero) is 1. The maximum absolute atomic E-state index is 11.7. The van der Waals surface area contributed by atoms with Gasteiger partial charge in [-0.1, -0.05) is 29.7 Å². The first-order valence-corrected chi connectivity index (χ1v) is 5.88. The van der Waals surface area contributed by atoms with Crippen LogP contribution in [0.3, 0.4) is 0 Å². The van der Waals surface area contributed by atoms with Crippen LogP contribution in [-0.2, 0) is 4.74 Å². The highest BCUT2D eigenvalue weighted by Gasteiger charge is 2.13. The number of rotatable bonds is 5. The molecule has 0 aliphatic heterocycles. The van der Waals surface area contributed by atoms with Gasteiger partial charge in [0.1, 0.15) is 7.85 Å². The highest BCUT2D eigenvalue weighted by molar-refractivity contribution is 6.32. The molecule has 1 aromatic rings. The quantitative estimate of drug-likeness (QED) is 0.577. The summed E-state index contributed by atoms with van der Waals surface area (Å²) in [5.74, 6) is -0.240. The standard InChI is InChI=1S/C13H16BNO3/c1-3-15(4-2)13(17)18-9-12(16)10-5-7-11(14)8-6-10/h5-8H,3-4,9H2,1-2H3. The van der Waals surface area contributed by atoms with Gasteiger partial charge in [0.2, 0.25) is 0 Å². The molecule has 0 heterocycles. The summed E-state index contributed by atoms with van der Waals surface area (Å²) in [7, 11) is 5.52. The molecule has 0 fully saturated rings. The number of ketones is 1. The lowest BCUT2D eigenvalue weighted by Crippen LogP contribution is -2.32. The minimum Gasteiger partial charge on any atom is -0.441 e. The van der Waals surface area contributed by atoms with Crippen molar-refractivity contribution in [2.75, 3.05) is 19.7 Å². The van der Waals surface area contributed by atoms with Crippen LogP contribution in [0.5, 0.6) is 0 Å². The molecule has 1 rings (SSSR count). The summed E-state index contributed by atoms with van der Waals surface area (Å²) < 4.78 is 4.94. The molecule has 1 amide bonds. The average Bonchev–Trinajstić information content (AvgIpc) is 2.38. The van der Waals surface area contributed by atoms with E-state index in [4.69, 9.17) is 12.6 Å². The van der Waals surface area contributed by atoms with Crippen LogP contribution in [-0.4, -0.2) is 44.3 Å². The first-order chi connectivity index (χ1) is 8.58. The van der Waals surface area contributed by atoms with E-state index in [1.54, 1.807) is 24.3 Å². The Morgan fingerprint density at radius 2 is 1.72 bits per heavy atom. The Morgan fingerprint density at radius 3 is 2.22 bits per heavy atom. The van der Waals surface area contributed by atoms with Crippen LogP contribution in [0.2, 0.25) is 0 Å². The van der Waals surface area contributed by atoms with Crippen LogP contribution in [0.15, 0.2) is 24.3 Å². The molecule has 0 saturated heterocycles.